The van der Waals surface area contributed by atoms with E-state index < -0.39 is 18.2 Å². The molecule has 2 fully saturated rings. The number of carbonyl (C=O) groups excluding carboxylic acids is 1. The molecule has 2 rings (SSSR count). The van der Waals surface area contributed by atoms with Gasteiger partial charge in [-0.3, -0.25) is 5.32 Å². The zero-order valence-corrected chi connectivity index (χ0v) is 9.15. The van der Waals surface area contributed by atoms with Crippen LogP contribution in [0.3, 0.4) is 0 Å². The number of carbonyl (C=O) groups is 2. The number of hydrogen-bond acceptors (Lipinski definition) is 4. The average molecular weight is 227 g/mol. The lowest BCUT2D eigenvalue weighted by Gasteiger charge is -2.20. The molecule has 1 saturated heterocycles. The van der Waals surface area contributed by atoms with Crippen molar-refractivity contribution in [2.75, 3.05) is 6.54 Å². The Morgan fingerprint density at radius 2 is 1.94 bits per heavy atom. The van der Waals surface area contributed by atoms with Gasteiger partial charge in [0.05, 0.1) is 0 Å². The maximum atomic E-state index is 11.0. The lowest BCUT2D eigenvalue weighted by atomic mass is 9.90. The fraction of sp³-hybridized carbons (Fsp3) is 0.818. The minimum Gasteiger partial charge on any atom is -0.473 e. The van der Waals surface area contributed by atoms with Crippen LogP contribution >= 0.6 is 0 Å². The number of esters is 1. The molecule has 3 unspecified atom stereocenters. The van der Waals surface area contributed by atoms with E-state index in [0.717, 1.165) is 25.8 Å². The Morgan fingerprint density at radius 1 is 1.19 bits per heavy atom. The summed E-state index contributed by atoms with van der Waals surface area (Å²) in [4.78, 5) is 21.4. The molecule has 5 heteroatoms. The Hall–Kier alpha value is -1.10. The van der Waals surface area contributed by atoms with Gasteiger partial charge in [-0.05, 0) is 18.8 Å². The van der Waals surface area contributed by atoms with Crippen LogP contribution in [0, 0.1) is 11.8 Å². The third kappa shape index (κ3) is 2.35. The van der Waals surface area contributed by atoms with Crippen LogP contribution in [-0.2, 0) is 14.3 Å². The summed E-state index contributed by atoms with van der Waals surface area (Å²) >= 11 is 0. The Bertz CT molecular complexity index is 292. The Morgan fingerprint density at radius 3 is 2.69 bits per heavy atom. The number of fused-ring (bicyclic) bond motifs is 1. The predicted octanol–water partition coefficient (Wildman–Crippen LogP) is 0.740. The Labute approximate surface area is 94.2 Å². The number of rotatable bonds is 1. The molecule has 1 saturated carbocycles. The largest absolute Gasteiger partial charge is 0.473 e. The summed E-state index contributed by atoms with van der Waals surface area (Å²) in [6.45, 7) is 0.836. The number of hydrogen-bond donors (Lipinski definition) is 2. The van der Waals surface area contributed by atoms with Gasteiger partial charge in [0, 0.05) is 12.5 Å². The summed E-state index contributed by atoms with van der Waals surface area (Å²) in [5.41, 5.74) is 0. The normalized spacial score (nSPS) is 33.9. The molecular formula is C11H17NO4. The summed E-state index contributed by atoms with van der Waals surface area (Å²) in [6, 6.07) is 0. The minimum absolute atomic E-state index is 0.297. The monoisotopic (exact) mass is 227 g/mol. The molecule has 0 radical (unpaired) electrons. The summed E-state index contributed by atoms with van der Waals surface area (Å²) in [5, 5.41) is 11.6. The second-order valence-electron chi connectivity index (χ2n) is 4.60. The number of aliphatic carboxylic acids is 1. The van der Waals surface area contributed by atoms with Gasteiger partial charge in [-0.2, -0.15) is 0 Å². The minimum atomic E-state index is -1.51. The van der Waals surface area contributed by atoms with E-state index in [1.807, 2.05) is 0 Å². The van der Waals surface area contributed by atoms with Crippen LogP contribution in [0.25, 0.3) is 0 Å². The highest BCUT2D eigenvalue weighted by molar-refractivity contribution is 6.28. The van der Waals surface area contributed by atoms with Crippen molar-refractivity contribution in [3.05, 3.63) is 0 Å². The van der Waals surface area contributed by atoms with Gasteiger partial charge < -0.3 is 9.84 Å². The molecule has 0 aromatic carbocycles. The molecule has 1 aliphatic carbocycles. The van der Waals surface area contributed by atoms with Crippen molar-refractivity contribution in [1.82, 2.24) is 5.32 Å². The molecule has 0 amide bonds. The van der Waals surface area contributed by atoms with Crippen molar-refractivity contribution < 1.29 is 19.4 Å². The summed E-state index contributed by atoms with van der Waals surface area (Å²) in [7, 11) is 0. The van der Waals surface area contributed by atoms with Crippen LogP contribution in [0.5, 0.6) is 0 Å². The summed E-state index contributed by atoms with van der Waals surface area (Å²) in [6.07, 6.45) is 5.37. The van der Waals surface area contributed by atoms with Crippen LogP contribution in [0.1, 0.15) is 32.1 Å². The van der Waals surface area contributed by atoms with Gasteiger partial charge in [-0.25, -0.2) is 9.59 Å². The molecule has 0 bridgehead atoms. The molecule has 0 aromatic heterocycles. The highest BCUT2D eigenvalue weighted by Crippen LogP contribution is 2.35. The van der Waals surface area contributed by atoms with E-state index in [9.17, 15) is 9.59 Å². The Kier molecular flexibility index (Phi) is 3.43. The highest BCUT2D eigenvalue weighted by Gasteiger charge is 2.39. The van der Waals surface area contributed by atoms with E-state index in [1.165, 1.54) is 12.8 Å². The van der Waals surface area contributed by atoms with Crippen molar-refractivity contribution in [2.45, 2.75) is 38.3 Å². The van der Waals surface area contributed by atoms with Crippen LogP contribution < -0.4 is 5.32 Å². The molecule has 1 heterocycles. The van der Waals surface area contributed by atoms with Crippen molar-refractivity contribution in [3.8, 4) is 0 Å². The number of carboxylic acid groups (broad SMARTS) is 1. The molecule has 0 aromatic rings. The quantitative estimate of drug-likeness (QED) is 0.510. The fourth-order valence-electron chi connectivity index (χ4n) is 2.78. The lowest BCUT2D eigenvalue weighted by Crippen LogP contribution is -2.35. The molecule has 2 aliphatic rings. The van der Waals surface area contributed by atoms with Gasteiger partial charge >= 0.3 is 11.9 Å². The lowest BCUT2D eigenvalue weighted by molar-refractivity contribution is -0.169. The molecule has 1 aliphatic heterocycles. The van der Waals surface area contributed by atoms with Gasteiger partial charge in [-0.1, -0.05) is 19.3 Å². The number of ether oxygens (including phenoxy) is 1. The first-order valence-corrected chi connectivity index (χ1v) is 5.86. The number of nitrogens with one attached hydrogen (secondary N) is 1. The smallest absolute Gasteiger partial charge is 0.418 e. The van der Waals surface area contributed by atoms with E-state index in [1.54, 1.807) is 0 Å². The van der Waals surface area contributed by atoms with Crippen LogP contribution in [0.4, 0.5) is 0 Å². The average Bonchev–Trinajstić information content (AvgIpc) is 2.50. The molecule has 5 nitrogen and oxygen atoms in total. The topological polar surface area (TPSA) is 75.6 Å². The Balaban J connectivity index is 1.95. The number of carboxylic acids is 1. The molecular weight excluding hydrogens is 210 g/mol. The van der Waals surface area contributed by atoms with Crippen molar-refractivity contribution >= 4 is 11.9 Å². The third-order valence-electron chi connectivity index (χ3n) is 3.60. The van der Waals surface area contributed by atoms with Crippen molar-refractivity contribution in [2.24, 2.45) is 11.8 Å². The van der Waals surface area contributed by atoms with E-state index >= 15 is 0 Å². The van der Waals surface area contributed by atoms with Gasteiger partial charge in [-0.15, -0.1) is 0 Å². The SMILES string of the molecule is O=C(O)C(=O)OC1NCC2CCCCCC21. The summed E-state index contributed by atoms with van der Waals surface area (Å²) in [5.74, 6) is -1.83. The van der Waals surface area contributed by atoms with E-state index in [4.69, 9.17) is 9.84 Å². The van der Waals surface area contributed by atoms with Crippen molar-refractivity contribution in [1.29, 1.82) is 0 Å². The third-order valence-corrected chi connectivity index (χ3v) is 3.60. The zero-order valence-electron chi connectivity index (χ0n) is 9.15. The maximum absolute atomic E-state index is 11.0. The standard InChI is InChI=1S/C11H17NO4/c13-10(14)11(15)16-9-8-5-3-1-2-4-7(8)6-12-9/h7-9,12H,1-6H2,(H,13,14). The van der Waals surface area contributed by atoms with Gasteiger partial charge in [0.1, 0.15) is 0 Å². The molecule has 2 N–H and O–H groups in total. The second-order valence-corrected chi connectivity index (χ2v) is 4.60. The van der Waals surface area contributed by atoms with E-state index in [2.05, 4.69) is 5.32 Å². The molecule has 0 spiro atoms. The van der Waals surface area contributed by atoms with Gasteiger partial charge in [0.2, 0.25) is 0 Å². The van der Waals surface area contributed by atoms with E-state index in [-0.39, 0.29) is 0 Å². The van der Waals surface area contributed by atoms with Crippen LogP contribution in [0.2, 0.25) is 0 Å². The first-order valence-electron chi connectivity index (χ1n) is 5.86. The van der Waals surface area contributed by atoms with Crippen molar-refractivity contribution in [3.63, 3.8) is 0 Å². The fourth-order valence-corrected chi connectivity index (χ4v) is 2.78. The first-order chi connectivity index (χ1) is 7.68. The molecule has 3 atom stereocenters. The van der Waals surface area contributed by atoms with Gasteiger partial charge in [0.15, 0.2) is 6.23 Å². The molecule has 90 valence electrons. The maximum Gasteiger partial charge on any atom is 0.418 e. The van der Waals surface area contributed by atoms with Crippen LogP contribution in [-0.4, -0.2) is 29.8 Å². The van der Waals surface area contributed by atoms with E-state index in [0.29, 0.717) is 11.8 Å². The van der Waals surface area contributed by atoms with Crippen LogP contribution in [0.15, 0.2) is 0 Å². The van der Waals surface area contributed by atoms with Gasteiger partial charge in [0.25, 0.3) is 0 Å². The summed E-state index contributed by atoms with van der Waals surface area (Å²) < 4.78 is 4.95. The predicted molar refractivity (Wildman–Crippen MR) is 55.6 cm³/mol. The highest BCUT2D eigenvalue weighted by atomic mass is 16.6. The zero-order chi connectivity index (χ0) is 11.5. The molecule has 16 heavy (non-hydrogen) atoms. The first kappa shape index (κ1) is 11.4. The second kappa shape index (κ2) is 4.82.